The predicted octanol–water partition coefficient (Wildman–Crippen LogP) is 2.77. The molecule has 8 heteroatoms. The van der Waals surface area contributed by atoms with Crippen molar-refractivity contribution in [3.05, 3.63) is 60.2 Å². The Hall–Kier alpha value is -2.58. The Bertz CT molecular complexity index is 926. The number of hydrogen-bond donors (Lipinski definition) is 3. The number of nitrogens with one attached hydrogen (secondary N) is 2. The Morgan fingerprint density at radius 2 is 1.70 bits per heavy atom. The predicted molar refractivity (Wildman–Crippen MR) is 119 cm³/mol. The molecule has 1 aliphatic heterocycles. The monoisotopic (exact) mass is 431 g/mol. The van der Waals surface area contributed by atoms with E-state index in [9.17, 15) is 18.3 Å². The molecule has 162 valence electrons. The second kappa shape index (κ2) is 10.4. The van der Waals surface area contributed by atoms with Crippen molar-refractivity contribution in [2.24, 2.45) is 0 Å². The van der Waals surface area contributed by atoms with Crippen LogP contribution in [0.3, 0.4) is 0 Å². The summed E-state index contributed by atoms with van der Waals surface area (Å²) in [5, 5.41) is 15.3. The number of benzene rings is 2. The first-order valence-corrected chi connectivity index (χ1v) is 12.1. The zero-order valence-electron chi connectivity index (χ0n) is 17.0. The zero-order chi connectivity index (χ0) is 21.4. The van der Waals surface area contributed by atoms with Crippen LogP contribution in [0.2, 0.25) is 0 Å². The van der Waals surface area contributed by atoms with Crippen LogP contribution in [0, 0.1) is 0 Å². The summed E-state index contributed by atoms with van der Waals surface area (Å²) in [5.41, 5.74) is 2.39. The van der Waals surface area contributed by atoms with Crippen molar-refractivity contribution in [3.8, 4) is 0 Å². The molecule has 0 aliphatic carbocycles. The highest BCUT2D eigenvalue weighted by molar-refractivity contribution is 7.90. The number of piperidine rings is 1. The van der Waals surface area contributed by atoms with Crippen LogP contribution in [0.25, 0.3) is 0 Å². The highest BCUT2D eigenvalue weighted by Crippen LogP contribution is 2.28. The van der Waals surface area contributed by atoms with E-state index in [2.05, 4.69) is 15.5 Å². The lowest BCUT2D eigenvalue weighted by atomic mass is 10.1. The van der Waals surface area contributed by atoms with Gasteiger partial charge in [-0.2, -0.15) is 0 Å². The summed E-state index contributed by atoms with van der Waals surface area (Å²) >= 11 is 0. The fourth-order valence-electron chi connectivity index (χ4n) is 3.52. The third-order valence-electron chi connectivity index (χ3n) is 5.10. The van der Waals surface area contributed by atoms with Gasteiger partial charge in [0.1, 0.15) is 0 Å². The van der Waals surface area contributed by atoms with Gasteiger partial charge in [0.25, 0.3) is 0 Å². The van der Waals surface area contributed by atoms with Crippen molar-refractivity contribution in [2.45, 2.75) is 31.1 Å². The van der Waals surface area contributed by atoms with Gasteiger partial charge in [0, 0.05) is 19.6 Å². The zero-order valence-corrected chi connectivity index (χ0v) is 17.8. The Morgan fingerprint density at radius 3 is 2.43 bits per heavy atom. The van der Waals surface area contributed by atoms with Gasteiger partial charge in [-0.25, -0.2) is 13.2 Å². The van der Waals surface area contributed by atoms with Gasteiger partial charge in [0.15, 0.2) is 9.84 Å². The molecule has 0 aromatic heterocycles. The van der Waals surface area contributed by atoms with E-state index in [0.717, 1.165) is 24.3 Å². The van der Waals surface area contributed by atoms with Gasteiger partial charge in [0.2, 0.25) is 0 Å². The Morgan fingerprint density at radius 1 is 1.03 bits per heavy atom. The van der Waals surface area contributed by atoms with Crippen LogP contribution in [-0.4, -0.2) is 51.0 Å². The Kier molecular flexibility index (Phi) is 7.70. The number of carbonyl (C=O) groups is 1. The van der Waals surface area contributed by atoms with Crippen molar-refractivity contribution in [1.82, 2.24) is 5.32 Å². The molecule has 0 unspecified atom stereocenters. The summed E-state index contributed by atoms with van der Waals surface area (Å²) in [4.78, 5) is 14.4. The van der Waals surface area contributed by atoms with E-state index >= 15 is 0 Å². The van der Waals surface area contributed by atoms with E-state index in [0.29, 0.717) is 24.9 Å². The average Bonchev–Trinajstić information content (AvgIpc) is 2.73. The molecule has 0 atom stereocenters. The molecule has 0 saturated carbocycles. The topological polar surface area (TPSA) is 98.7 Å². The number of nitrogens with zero attached hydrogens (tertiary/aromatic N) is 1. The second-order valence-corrected chi connectivity index (χ2v) is 9.73. The molecule has 1 fully saturated rings. The van der Waals surface area contributed by atoms with Crippen molar-refractivity contribution in [1.29, 1.82) is 0 Å². The van der Waals surface area contributed by atoms with Gasteiger partial charge in [-0.1, -0.05) is 42.5 Å². The van der Waals surface area contributed by atoms with Gasteiger partial charge >= 0.3 is 6.03 Å². The quantitative estimate of drug-likeness (QED) is 0.558. The van der Waals surface area contributed by atoms with Crippen LogP contribution in [-0.2, 0) is 15.6 Å². The van der Waals surface area contributed by atoms with Crippen LogP contribution >= 0.6 is 0 Å². The minimum atomic E-state index is -3.22. The summed E-state index contributed by atoms with van der Waals surface area (Å²) in [6.45, 7) is 1.75. The number of carbonyl (C=O) groups excluding carboxylic acids is 1. The number of para-hydroxylation sites is 2. The fraction of sp³-hybridized carbons (Fsp3) is 0.409. The number of sulfone groups is 1. The number of rotatable bonds is 8. The van der Waals surface area contributed by atoms with Crippen LogP contribution in [0.4, 0.5) is 16.2 Å². The molecular formula is C22H29N3O4S. The second-order valence-electron chi connectivity index (χ2n) is 7.55. The summed E-state index contributed by atoms with van der Waals surface area (Å²) in [7, 11) is -3.22. The molecule has 0 bridgehead atoms. The lowest BCUT2D eigenvalue weighted by Crippen LogP contribution is -2.37. The molecule has 30 heavy (non-hydrogen) atoms. The van der Waals surface area contributed by atoms with Crippen LogP contribution in [0.5, 0.6) is 0 Å². The molecule has 2 aromatic rings. The van der Waals surface area contributed by atoms with Crippen LogP contribution in [0.1, 0.15) is 24.8 Å². The van der Waals surface area contributed by atoms with Crippen molar-refractivity contribution in [3.63, 3.8) is 0 Å². The molecule has 1 heterocycles. The molecule has 1 aliphatic rings. The van der Waals surface area contributed by atoms with E-state index in [1.807, 2.05) is 42.5 Å². The smallest absolute Gasteiger partial charge is 0.319 e. The maximum Gasteiger partial charge on any atom is 0.319 e. The average molecular weight is 432 g/mol. The first-order valence-electron chi connectivity index (χ1n) is 10.2. The van der Waals surface area contributed by atoms with E-state index in [-0.39, 0.29) is 30.2 Å². The fourth-order valence-corrected chi connectivity index (χ4v) is 4.95. The van der Waals surface area contributed by atoms with E-state index < -0.39 is 9.84 Å². The molecule has 0 radical (unpaired) electrons. The van der Waals surface area contributed by atoms with Gasteiger partial charge in [-0.3, -0.25) is 0 Å². The number of hydrogen-bond acceptors (Lipinski definition) is 5. The standard InChI is InChI=1S/C22H29N3O4S/c26-19-11-14-25(15-12-19)21-10-5-4-9-20(21)24-22(27)23-13-6-16-30(28,29)17-18-7-2-1-3-8-18/h1-5,7-10,19,26H,6,11-17H2,(H2,23,24,27). The number of urea groups is 1. The van der Waals surface area contributed by atoms with Crippen LogP contribution in [0.15, 0.2) is 54.6 Å². The molecular weight excluding hydrogens is 402 g/mol. The summed E-state index contributed by atoms with van der Waals surface area (Å²) < 4.78 is 24.5. The normalized spacial score (nSPS) is 15.0. The molecule has 1 saturated heterocycles. The highest BCUT2D eigenvalue weighted by Gasteiger charge is 2.20. The van der Waals surface area contributed by atoms with Crippen molar-refractivity contribution >= 4 is 27.2 Å². The summed E-state index contributed by atoms with van der Waals surface area (Å²) in [5.74, 6) is 0.0345. The Labute approximate surface area is 178 Å². The lowest BCUT2D eigenvalue weighted by Gasteiger charge is -2.32. The van der Waals surface area contributed by atoms with Gasteiger partial charge in [-0.05, 0) is 37.0 Å². The first-order chi connectivity index (χ1) is 14.4. The number of amides is 2. The van der Waals surface area contributed by atoms with Crippen LogP contribution < -0.4 is 15.5 Å². The largest absolute Gasteiger partial charge is 0.393 e. The summed E-state index contributed by atoms with van der Waals surface area (Å²) in [6, 6.07) is 16.3. The third kappa shape index (κ3) is 6.74. The maximum atomic E-state index is 12.3. The SMILES string of the molecule is O=C(NCCCS(=O)(=O)Cc1ccccc1)Nc1ccccc1N1CCC(O)CC1. The molecule has 2 aromatic carbocycles. The number of aliphatic hydroxyl groups excluding tert-OH is 1. The van der Waals surface area contributed by atoms with Crippen molar-refractivity contribution < 1.29 is 18.3 Å². The van der Waals surface area contributed by atoms with E-state index in [1.165, 1.54) is 0 Å². The van der Waals surface area contributed by atoms with E-state index in [4.69, 9.17) is 0 Å². The van der Waals surface area contributed by atoms with Gasteiger partial charge in [-0.15, -0.1) is 0 Å². The number of anilines is 2. The number of aliphatic hydroxyl groups is 1. The Balaban J connectivity index is 1.45. The maximum absolute atomic E-state index is 12.3. The molecule has 3 rings (SSSR count). The minimum absolute atomic E-state index is 0.0118. The van der Waals surface area contributed by atoms with E-state index in [1.54, 1.807) is 12.1 Å². The minimum Gasteiger partial charge on any atom is -0.393 e. The molecule has 3 N–H and O–H groups in total. The van der Waals surface area contributed by atoms with Crippen molar-refractivity contribution in [2.75, 3.05) is 35.6 Å². The third-order valence-corrected chi connectivity index (χ3v) is 6.79. The van der Waals surface area contributed by atoms with Gasteiger partial charge in [0.05, 0.1) is 29.0 Å². The lowest BCUT2D eigenvalue weighted by molar-refractivity contribution is 0.145. The highest BCUT2D eigenvalue weighted by atomic mass is 32.2. The molecule has 0 spiro atoms. The molecule has 2 amide bonds. The van der Waals surface area contributed by atoms with Gasteiger partial charge < -0.3 is 20.6 Å². The first kappa shape index (κ1) is 22.1. The molecule has 7 nitrogen and oxygen atoms in total. The summed E-state index contributed by atoms with van der Waals surface area (Å²) in [6.07, 6.45) is 1.51.